The smallest absolute Gasteiger partial charge is 0.343 e. The van der Waals surface area contributed by atoms with Crippen LogP contribution in [0.15, 0.2) is 18.2 Å². The minimum atomic E-state index is -0.467. The number of carbonyl (C=O) groups is 1. The van der Waals surface area contributed by atoms with Crippen molar-refractivity contribution in [2.75, 3.05) is 20.8 Å². The molecule has 1 aromatic rings. The van der Waals surface area contributed by atoms with Gasteiger partial charge in [0.25, 0.3) is 0 Å². The number of hydrogen-bond acceptors (Lipinski definition) is 5. The van der Waals surface area contributed by atoms with Gasteiger partial charge >= 0.3 is 6.03 Å². The summed E-state index contributed by atoms with van der Waals surface area (Å²) in [4.78, 5) is 10.8. The minimum Gasteiger partial charge on any atom is -0.493 e. The van der Waals surface area contributed by atoms with E-state index in [-0.39, 0.29) is 12.4 Å². The fraction of sp³-hybridized carbons (Fsp3) is 0.417. The minimum absolute atomic E-state index is 0. The number of nitrogens with two attached hydrogens (primary N) is 1. The van der Waals surface area contributed by atoms with E-state index < -0.39 is 6.03 Å². The van der Waals surface area contributed by atoms with Crippen molar-refractivity contribution in [3.63, 3.8) is 0 Å². The molecule has 5 N–H and O–H groups in total. The molecule has 7 nitrogen and oxygen atoms in total. The molecule has 0 heterocycles. The summed E-state index contributed by atoms with van der Waals surface area (Å²) in [6, 6.07) is 5.34. The Hall–Kier alpha value is -1.70. The Bertz CT molecular complexity index is 418. The molecule has 0 atom stereocenters. The highest BCUT2D eigenvalue weighted by atomic mass is 35.5. The lowest BCUT2D eigenvalue weighted by molar-refractivity contribution is 0.236. The van der Waals surface area contributed by atoms with Gasteiger partial charge in [0.15, 0.2) is 11.5 Å². The summed E-state index contributed by atoms with van der Waals surface area (Å²) in [5.74, 6) is 6.34. The summed E-state index contributed by atoms with van der Waals surface area (Å²) >= 11 is 0. The summed E-state index contributed by atoms with van der Waals surface area (Å²) < 4.78 is 10.4. The van der Waals surface area contributed by atoms with Gasteiger partial charge in [0.2, 0.25) is 0 Å². The molecule has 0 saturated heterocycles. The third-order valence-corrected chi connectivity index (χ3v) is 2.55. The second kappa shape index (κ2) is 10.1. The molecule has 0 radical (unpaired) electrons. The van der Waals surface area contributed by atoms with E-state index in [9.17, 15) is 4.79 Å². The second-order valence-corrected chi connectivity index (χ2v) is 3.82. The average molecular weight is 305 g/mol. The molecule has 114 valence electrons. The Morgan fingerprint density at radius 2 is 1.95 bits per heavy atom. The number of hydrazine groups is 2. The Balaban J connectivity index is 0.00000361. The predicted octanol–water partition coefficient (Wildman–Crippen LogP) is 0.736. The van der Waals surface area contributed by atoms with Crippen molar-refractivity contribution in [3.05, 3.63) is 23.8 Å². The van der Waals surface area contributed by atoms with Crippen LogP contribution in [0.2, 0.25) is 0 Å². The van der Waals surface area contributed by atoms with Gasteiger partial charge in [-0.2, -0.15) is 0 Å². The largest absolute Gasteiger partial charge is 0.493 e. The van der Waals surface area contributed by atoms with Gasteiger partial charge in [-0.15, -0.1) is 12.4 Å². The first kappa shape index (κ1) is 18.3. The predicted molar refractivity (Wildman–Crippen MR) is 79.0 cm³/mol. The van der Waals surface area contributed by atoms with Crippen LogP contribution in [0, 0.1) is 0 Å². The highest BCUT2D eigenvalue weighted by Crippen LogP contribution is 2.27. The first-order valence-electron chi connectivity index (χ1n) is 5.91. The van der Waals surface area contributed by atoms with Crippen LogP contribution in [0.5, 0.6) is 11.5 Å². The summed E-state index contributed by atoms with van der Waals surface area (Å²) in [6.07, 6.45) is 1.72. The number of hydrogen-bond donors (Lipinski definition) is 4. The molecule has 8 heteroatoms. The summed E-state index contributed by atoms with van der Waals surface area (Å²) in [5, 5.41) is 0. The van der Waals surface area contributed by atoms with Crippen molar-refractivity contribution in [2.45, 2.75) is 12.8 Å². The highest BCUT2D eigenvalue weighted by molar-refractivity contribution is 5.85. The van der Waals surface area contributed by atoms with Crippen LogP contribution in [-0.4, -0.2) is 26.8 Å². The van der Waals surface area contributed by atoms with E-state index in [1.165, 1.54) is 0 Å². The Morgan fingerprint density at radius 3 is 2.55 bits per heavy atom. The maximum absolute atomic E-state index is 10.8. The van der Waals surface area contributed by atoms with Crippen molar-refractivity contribution in [2.24, 2.45) is 5.84 Å². The molecule has 1 rings (SSSR count). The second-order valence-electron chi connectivity index (χ2n) is 3.82. The monoisotopic (exact) mass is 304 g/mol. The van der Waals surface area contributed by atoms with Crippen LogP contribution >= 0.6 is 12.4 Å². The molecule has 0 saturated carbocycles. The zero-order chi connectivity index (χ0) is 14.1. The molecular weight excluding hydrogens is 284 g/mol. The number of aryl methyl sites for hydroxylation is 1. The van der Waals surface area contributed by atoms with Crippen LogP contribution in [0.4, 0.5) is 4.79 Å². The van der Waals surface area contributed by atoms with Gasteiger partial charge in [0, 0.05) is 6.54 Å². The van der Waals surface area contributed by atoms with Crippen LogP contribution in [0.1, 0.15) is 12.0 Å². The van der Waals surface area contributed by atoms with Crippen LogP contribution in [-0.2, 0) is 6.42 Å². The van der Waals surface area contributed by atoms with Crippen molar-refractivity contribution in [3.8, 4) is 11.5 Å². The number of rotatable bonds is 7. The lowest BCUT2D eigenvalue weighted by Crippen LogP contribution is -2.47. The fourth-order valence-electron chi connectivity index (χ4n) is 1.60. The Kier molecular flexibility index (Phi) is 9.27. The zero-order valence-corrected chi connectivity index (χ0v) is 12.4. The third-order valence-electron chi connectivity index (χ3n) is 2.55. The standard InChI is InChI=1S/C12H20N4O3.ClH/c1-18-10-6-5-9(8-11(10)19-2)4-3-7-14-16-12(17)15-13;/h5-6,8,14H,3-4,7,13H2,1-2H3,(H2,15,16,17);1H. The molecule has 1 aromatic carbocycles. The van der Waals surface area contributed by atoms with Crippen molar-refractivity contribution in [1.82, 2.24) is 16.3 Å². The topological polar surface area (TPSA) is 97.6 Å². The summed E-state index contributed by atoms with van der Waals surface area (Å²) in [7, 11) is 3.22. The zero-order valence-electron chi connectivity index (χ0n) is 11.6. The molecule has 0 spiro atoms. The number of urea groups is 1. The average Bonchev–Trinajstić information content (AvgIpc) is 2.46. The quantitative estimate of drug-likeness (QED) is 0.258. The number of benzene rings is 1. The van der Waals surface area contributed by atoms with Crippen molar-refractivity contribution >= 4 is 18.4 Å². The number of nitrogens with one attached hydrogen (secondary N) is 3. The lowest BCUT2D eigenvalue weighted by Gasteiger charge is -2.10. The molecule has 0 fully saturated rings. The normalized spacial score (nSPS) is 9.35. The molecular formula is C12H21ClN4O3. The van der Waals surface area contributed by atoms with Crippen LogP contribution in [0.25, 0.3) is 0 Å². The Morgan fingerprint density at radius 1 is 1.25 bits per heavy atom. The van der Waals surface area contributed by atoms with Gasteiger partial charge in [-0.1, -0.05) is 6.07 Å². The molecule has 20 heavy (non-hydrogen) atoms. The SMILES string of the molecule is COc1ccc(CCCNNC(=O)NN)cc1OC.Cl. The number of ether oxygens (including phenoxy) is 2. The molecule has 0 aliphatic rings. The van der Waals surface area contributed by atoms with E-state index in [0.717, 1.165) is 18.4 Å². The van der Waals surface area contributed by atoms with Crippen LogP contribution < -0.4 is 31.6 Å². The van der Waals surface area contributed by atoms with Gasteiger partial charge in [-0.25, -0.2) is 16.1 Å². The van der Waals surface area contributed by atoms with E-state index in [4.69, 9.17) is 15.3 Å². The number of methoxy groups -OCH3 is 2. The van der Waals surface area contributed by atoms with Gasteiger partial charge in [-0.3, -0.25) is 10.9 Å². The lowest BCUT2D eigenvalue weighted by atomic mass is 10.1. The number of halogens is 1. The van der Waals surface area contributed by atoms with E-state index in [1.54, 1.807) is 14.2 Å². The molecule has 0 bridgehead atoms. The molecule has 0 aromatic heterocycles. The van der Waals surface area contributed by atoms with E-state index in [0.29, 0.717) is 18.0 Å². The third kappa shape index (κ3) is 5.96. The molecule has 0 unspecified atom stereocenters. The first-order valence-corrected chi connectivity index (χ1v) is 5.91. The molecule has 2 amide bonds. The fourth-order valence-corrected chi connectivity index (χ4v) is 1.60. The van der Waals surface area contributed by atoms with Gasteiger partial charge < -0.3 is 9.47 Å². The molecule has 0 aliphatic carbocycles. The van der Waals surface area contributed by atoms with Gasteiger partial charge in [0.1, 0.15) is 0 Å². The van der Waals surface area contributed by atoms with Crippen molar-refractivity contribution < 1.29 is 14.3 Å². The highest BCUT2D eigenvalue weighted by Gasteiger charge is 2.04. The van der Waals surface area contributed by atoms with E-state index in [1.807, 2.05) is 23.6 Å². The Labute approximate surface area is 124 Å². The van der Waals surface area contributed by atoms with Crippen molar-refractivity contribution in [1.29, 1.82) is 0 Å². The van der Waals surface area contributed by atoms with Gasteiger partial charge in [0.05, 0.1) is 14.2 Å². The van der Waals surface area contributed by atoms with Crippen LogP contribution in [0.3, 0.4) is 0 Å². The number of amides is 2. The first-order chi connectivity index (χ1) is 9.21. The summed E-state index contributed by atoms with van der Waals surface area (Å²) in [6.45, 7) is 0.641. The van der Waals surface area contributed by atoms with E-state index >= 15 is 0 Å². The summed E-state index contributed by atoms with van der Waals surface area (Å²) in [5.41, 5.74) is 8.25. The van der Waals surface area contributed by atoms with E-state index in [2.05, 4.69) is 10.9 Å². The maximum Gasteiger partial charge on any atom is 0.343 e. The van der Waals surface area contributed by atoms with Gasteiger partial charge in [-0.05, 0) is 30.5 Å². The maximum atomic E-state index is 10.8. The molecule has 0 aliphatic heterocycles. The number of carbonyl (C=O) groups excluding carboxylic acids is 1.